The van der Waals surface area contributed by atoms with Gasteiger partial charge in [-0.15, -0.1) is 0 Å². The maximum atomic E-state index is 12.7. The molecule has 0 bridgehead atoms. The summed E-state index contributed by atoms with van der Waals surface area (Å²) in [5.41, 5.74) is 1.11. The van der Waals surface area contributed by atoms with Crippen LogP contribution >= 0.6 is 0 Å². The molecule has 2 aromatic rings. The summed E-state index contributed by atoms with van der Waals surface area (Å²) in [5.74, 6) is -0.671. The molecule has 318 valence electrons. The first-order chi connectivity index (χ1) is 27.2. The standard InChI is InChI=1S/C37H50O20/c1-16-26(42)30(46)34(57-36-31(47)29(45)27(43)23(14-38)54-36)37(53-16)56-33-28(44)24(15-52-25(41)9-6-17-4-7-19(39)22(13-17)50-3)55-35(32(33)48)51-11-10-18-5-8-21(49-2)20(40)12-18/h4-9,12-13,16,23-24,26-40,42-48H,10-11,14-15H2,1-3H3/b9-6+/t16-,23+,24+,26-,27+,28+,29-,30+,31+,32+,33-,34+,35+,36-,37-/m0/s1. The molecule has 3 aliphatic heterocycles. The quantitative estimate of drug-likeness (QED) is 0.0652. The van der Waals surface area contributed by atoms with E-state index in [1.807, 2.05) is 0 Å². The first-order valence-corrected chi connectivity index (χ1v) is 18.0. The van der Waals surface area contributed by atoms with Crippen molar-refractivity contribution in [1.29, 1.82) is 0 Å². The van der Waals surface area contributed by atoms with Gasteiger partial charge in [-0.1, -0.05) is 12.1 Å². The van der Waals surface area contributed by atoms with Gasteiger partial charge in [0.15, 0.2) is 41.9 Å². The lowest BCUT2D eigenvalue weighted by atomic mass is 9.96. The first-order valence-electron chi connectivity index (χ1n) is 18.0. The topological polar surface area (TPSA) is 302 Å². The number of hydrogen-bond acceptors (Lipinski definition) is 20. The van der Waals surface area contributed by atoms with E-state index < -0.39 is 111 Å². The molecule has 20 heteroatoms. The van der Waals surface area contributed by atoms with Crippen molar-refractivity contribution < 1.29 is 98.5 Å². The molecule has 2 aromatic carbocycles. The molecule has 5 rings (SSSR count). The van der Waals surface area contributed by atoms with Crippen LogP contribution in [0.3, 0.4) is 0 Å². The number of aliphatic hydroxyl groups excluding tert-OH is 8. The van der Waals surface area contributed by atoms with Crippen molar-refractivity contribution in [3.63, 3.8) is 0 Å². The van der Waals surface area contributed by atoms with Gasteiger partial charge < -0.3 is 93.7 Å². The van der Waals surface area contributed by atoms with E-state index in [0.717, 1.165) is 6.08 Å². The number of methoxy groups -OCH3 is 2. The zero-order valence-corrected chi connectivity index (χ0v) is 31.2. The fourth-order valence-corrected chi connectivity index (χ4v) is 6.44. The highest BCUT2D eigenvalue weighted by molar-refractivity contribution is 5.87. The number of aromatic hydroxyl groups is 2. The smallest absolute Gasteiger partial charge is 0.330 e. The van der Waals surface area contributed by atoms with Gasteiger partial charge in [-0.25, -0.2) is 4.79 Å². The van der Waals surface area contributed by atoms with Crippen LogP contribution in [-0.4, -0.2) is 183 Å². The Labute approximate surface area is 326 Å². The maximum Gasteiger partial charge on any atom is 0.330 e. The van der Waals surface area contributed by atoms with Gasteiger partial charge in [-0.05, 0) is 54.8 Å². The van der Waals surface area contributed by atoms with Gasteiger partial charge in [0.25, 0.3) is 0 Å². The molecular weight excluding hydrogens is 764 g/mol. The molecule has 15 atom stereocenters. The predicted molar refractivity (Wildman–Crippen MR) is 190 cm³/mol. The normalized spacial score (nSPS) is 35.9. The summed E-state index contributed by atoms with van der Waals surface area (Å²) < 4.78 is 50.2. The lowest BCUT2D eigenvalue weighted by Gasteiger charge is -2.48. The SMILES string of the molecule is COc1ccc(CCO[C@@H]2O[C@H](COC(=O)/C=C/c3ccc(O)c(OC)c3)[C@@H](O)[C@H](O[C@@H]3O[C@@H](C)[C@H](O)[C@@H](O)[C@H]3O[C@@H]3O[C@H](CO)[C@@H](O)[C@H](O)[C@H]3O)[C@H]2O)cc1O. The zero-order valence-electron chi connectivity index (χ0n) is 31.2. The summed E-state index contributed by atoms with van der Waals surface area (Å²) >= 11 is 0. The monoisotopic (exact) mass is 814 g/mol. The van der Waals surface area contributed by atoms with Gasteiger partial charge in [0.2, 0.25) is 0 Å². The van der Waals surface area contributed by atoms with Gasteiger partial charge in [0.05, 0.1) is 33.5 Å². The summed E-state index contributed by atoms with van der Waals surface area (Å²) in [6.07, 6.45) is -22.3. The molecule has 0 saturated carbocycles. The van der Waals surface area contributed by atoms with Gasteiger partial charge >= 0.3 is 5.97 Å². The molecular formula is C37H50O20. The number of ether oxygens (including phenoxy) is 9. The Morgan fingerprint density at radius 2 is 1.40 bits per heavy atom. The number of aliphatic hydroxyl groups is 8. The molecule has 10 N–H and O–H groups in total. The fraction of sp³-hybridized carbons (Fsp3) is 0.595. The van der Waals surface area contributed by atoms with Gasteiger partial charge in [0, 0.05) is 6.08 Å². The van der Waals surface area contributed by atoms with Crippen molar-refractivity contribution in [3.8, 4) is 23.0 Å². The van der Waals surface area contributed by atoms with Crippen molar-refractivity contribution in [2.24, 2.45) is 0 Å². The van der Waals surface area contributed by atoms with Crippen LogP contribution in [0, 0.1) is 0 Å². The maximum absolute atomic E-state index is 12.7. The highest BCUT2D eigenvalue weighted by atomic mass is 16.8. The summed E-state index contributed by atoms with van der Waals surface area (Å²) in [6, 6.07) is 9.05. The van der Waals surface area contributed by atoms with Crippen molar-refractivity contribution in [2.45, 2.75) is 105 Å². The van der Waals surface area contributed by atoms with E-state index in [2.05, 4.69) is 0 Å². The van der Waals surface area contributed by atoms with E-state index in [1.54, 1.807) is 12.1 Å². The largest absolute Gasteiger partial charge is 0.504 e. The Morgan fingerprint density at radius 1 is 0.702 bits per heavy atom. The minimum atomic E-state index is -1.92. The van der Waals surface area contributed by atoms with E-state index in [-0.39, 0.29) is 36.0 Å². The van der Waals surface area contributed by atoms with Crippen molar-refractivity contribution in [3.05, 3.63) is 53.6 Å². The highest BCUT2D eigenvalue weighted by Crippen LogP contribution is 2.34. The van der Waals surface area contributed by atoms with E-state index in [4.69, 9.17) is 42.6 Å². The molecule has 0 radical (unpaired) electrons. The molecule has 0 spiro atoms. The Bertz CT molecular complexity index is 1640. The lowest BCUT2D eigenvalue weighted by molar-refractivity contribution is -0.386. The van der Waals surface area contributed by atoms with E-state index >= 15 is 0 Å². The number of carbonyl (C=O) groups is 1. The second kappa shape index (κ2) is 19.8. The van der Waals surface area contributed by atoms with Crippen molar-refractivity contribution >= 4 is 12.0 Å². The van der Waals surface area contributed by atoms with E-state index in [1.165, 1.54) is 51.5 Å². The molecule has 0 unspecified atom stereocenters. The van der Waals surface area contributed by atoms with Crippen molar-refractivity contribution in [2.75, 3.05) is 34.0 Å². The van der Waals surface area contributed by atoms with Crippen LogP contribution in [0.25, 0.3) is 6.08 Å². The molecule has 0 aromatic heterocycles. The van der Waals surface area contributed by atoms with Crippen LogP contribution in [-0.2, 0) is 44.4 Å². The van der Waals surface area contributed by atoms with Crippen molar-refractivity contribution in [1.82, 2.24) is 0 Å². The third kappa shape index (κ3) is 10.5. The second-order valence-electron chi connectivity index (χ2n) is 13.6. The van der Waals surface area contributed by atoms with Crippen LogP contribution in [0.2, 0.25) is 0 Å². The summed E-state index contributed by atoms with van der Waals surface area (Å²) in [7, 11) is 2.76. The number of phenolic OH excluding ortho intramolecular Hbond substituents is 2. The number of hydrogen-bond donors (Lipinski definition) is 10. The molecule has 0 aliphatic carbocycles. The molecule has 20 nitrogen and oxygen atoms in total. The van der Waals surface area contributed by atoms with Gasteiger partial charge in [-0.2, -0.15) is 0 Å². The molecule has 3 aliphatic rings. The third-order valence-electron chi connectivity index (χ3n) is 9.78. The summed E-state index contributed by atoms with van der Waals surface area (Å²) in [6.45, 7) is -0.108. The number of benzene rings is 2. The number of rotatable bonds is 15. The Hall–Kier alpha value is -3.71. The molecule has 3 saturated heterocycles. The van der Waals surface area contributed by atoms with E-state index in [0.29, 0.717) is 11.1 Å². The zero-order chi connectivity index (χ0) is 41.6. The minimum absolute atomic E-state index is 0.105. The average Bonchev–Trinajstić information content (AvgIpc) is 3.19. The first kappa shape index (κ1) is 44.4. The minimum Gasteiger partial charge on any atom is -0.504 e. The summed E-state index contributed by atoms with van der Waals surface area (Å²) in [4.78, 5) is 12.7. The molecule has 0 amide bonds. The van der Waals surface area contributed by atoms with E-state index in [9.17, 15) is 55.9 Å². The van der Waals surface area contributed by atoms with Crippen LogP contribution < -0.4 is 9.47 Å². The number of esters is 1. The summed E-state index contributed by atoms with van der Waals surface area (Å²) in [5, 5.41) is 105. The van der Waals surface area contributed by atoms with Crippen LogP contribution in [0.5, 0.6) is 23.0 Å². The number of phenols is 2. The van der Waals surface area contributed by atoms with Gasteiger partial charge in [0.1, 0.15) is 73.8 Å². The Morgan fingerprint density at radius 3 is 2.09 bits per heavy atom. The predicted octanol–water partition coefficient (Wildman–Crippen LogP) is -2.59. The highest BCUT2D eigenvalue weighted by Gasteiger charge is 2.53. The molecule has 3 heterocycles. The number of carbonyl (C=O) groups excluding carboxylic acids is 1. The molecule has 3 fully saturated rings. The van der Waals surface area contributed by atoms with Crippen LogP contribution in [0.4, 0.5) is 0 Å². The lowest BCUT2D eigenvalue weighted by Crippen LogP contribution is -2.66. The second-order valence-corrected chi connectivity index (χ2v) is 13.6. The third-order valence-corrected chi connectivity index (χ3v) is 9.78. The Kier molecular flexibility index (Phi) is 15.4. The van der Waals surface area contributed by atoms with Crippen LogP contribution in [0.1, 0.15) is 18.1 Å². The Balaban J connectivity index is 1.34. The van der Waals surface area contributed by atoms with Gasteiger partial charge in [-0.3, -0.25) is 0 Å². The molecule has 57 heavy (non-hydrogen) atoms. The fourth-order valence-electron chi connectivity index (χ4n) is 6.44. The van der Waals surface area contributed by atoms with Crippen LogP contribution in [0.15, 0.2) is 42.5 Å². The average molecular weight is 815 g/mol.